The van der Waals surface area contributed by atoms with Gasteiger partial charge in [-0.3, -0.25) is 14.6 Å². The summed E-state index contributed by atoms with van der Waals surface area (Å²) in [6, 6.07) is 0. The molecule has 3 N–H and O–H groups in total. The molecule has 0 unspecified atom stereocenters. The number of hydrogen-bond acceptors (Lipinski definition) is 7. The van der Waals surface area contributed by atoms with Gasteiger partial charge < -0.3 is 0 Å². The van der Waals surface area contributed by atoms with Crippen LogP contribution in [-0.4, -0.2) is 34.1 Å². The normalized spacial score (nSPS) is 10.7. The average molecular weight is 271 g/mol. The zero-order valence-electron chi connectivity index (χ0n) is 10.8. The second-order valence-electron chi connectivity index (χ2n) is 3.94. The van der Waals surface area contributed by atoms with Gasteiger partial charge in [0.25, 0.3) is 0 Å². The summed E-state index contributed by atoms with van der Waals surface area (Å²) < 4.78 is 3.47. The lowest BCUT2D eigenvalue weighted by atomic mass is 10.4. The summed E-state index contributed by atoms with van der Waals surface area (Å²) in [4.78, 5) is 21.1. The van der Waals surface area contributed by atoms with Gasteiger partial charge in [0.2, 0.25) is 17.8 Å². The number of anilines is 1. The zero-order valence-corrected chi connectivity index (χ0v) is 10.8. The summed E-state index contributed by atoms with van der Waals surface area (Å²) in [5.41, 5.74) is 2.44. The van der Waals surface area contributed by atoms with Crippen molar-refractivity contribution in [2.24, 2.45) is 5.84 Å². The summed E-state index contributed by atoms with van der Waals surface area (Å²) in [6.07, 6.45) is 9.27. The van der Waals surface area contributed by atoms with Gasteiger partial charge >= 0.3 is 0 Å². The number of aryl methyl sites for hydroxylation is 1. The Morgan fingerprint density at radius 1 is 1.15 bits per heavy atom. The molecule has 0 amide bonds. The molecule has 0 fully saturated rings. The summed E-state index contributed by atoms with van der Waals surface area (Å²) in [6.45, 7) is 2.01. The molecule has 0 saturated heterocycles. The molecule has 0 atom stereocenters. The van der Waals surface area contributed by atoms with Gasteiger partial charge in [0.15, 0.2) is 0 Å². The van der Waals surface area contributed by atoms with Gasteiger partial charge in [-0.15, -0.1) is 0 Å². The lowest BCUT2D eigenvalue weighted by molar-refractivity contribution is 0.799. The molecular formula is C11H13N9. The van der Waals surface area contributed by atoms with Crippen LogP contribution in [0.5, 0.6) is 0 Å². The Hall–Kier alpha value is -2.81. The van der Waals surface area contributed by atoms with Crippen molar-refractivity contribution in [3.63, 3.8) is 0 Å². The Morgan fingerprint density at radius 2 is 2.00 bits per heavy atom. The largest absolute Gasteiger partial charge is 0.292 e. The molecule has 3 rings (SSSR count). The smallest absolute Gasteiger partial charge is 0.243 e. The van der Waals surface area contributed by atoms with Crippen LogP contribution in [-0.2, 0) is 6.42 Å². The van der Waals surface area contributed by atoms with E-state index in [1.54, 1.807) is 40.2 Å². The van der Waals surface area contributed by atoms with Gasteiger partial charge in [0, 0.05) is 31.2 Å². The minimum atomic E-state index is 0.273. The van der Waals surface area contributed by atoms with Gasteiger partial charge in [0.1, 0.15) is 12.2 Å². The first-order valence-corrected chi connectivity index (χ1v) is 6.05. The molecule has 0 bridgehead atoms. The minimum absolute atomic E-state index is 0.273. The highest BCUT2D eigenvalue weighted by atomic mass is 15.4. The Morgan fingerprint density at radius 3 is 2.70 bits per heavy atom. The molecule has 102 valence electrons. The maximum atomic E-state index is 5.41. The van der Waals surface area contributed by atoms with E-state index in [0.717, 1.165) is 12.2 Å². The van der Waals surface area contributed by atoms with Crippen molar-refractivity contribution in [1.29, 1.82) is 0 Å². The molecule has 0 spiro atoms. The van der Waals surface area contributed by atoms with E-state index >= 15 is 0 Å². The predicted molar refractivity (Wildman–Crippen MR) is 71.3 cm³/mol. The van der Waals surface area contributed by atoms with Crippen LogP contribution in [0.2, 0.25) is 0 Å². The number of hydrazine groups is 1. The van der Waals surface area contributed by atoms with Gasteiger partial charge in [0.05, 0.1) is 0 Å². The zero-order chi connectivity index (χ0) is 13.9. The molecule has 9 heteroatoms. The highest BCUT2D eigenvalue weighted by molar-refractivity contribution is 5.32. The van der Waals surface area contributed by atoms with Crippen LogP contribution in [0.25, 0.3) is 11.9 Å². The number of imidazole rings is 2. The second-order valence-corrected chi connectivity index (χ2v) is 3.94. The maximum Gasteiger partial charge on any atom is 0.243 e. The first-order chi connectivity index (χ1) is 9.81. The van der Waals surface area contributed by atoms with E-state index in [4.69, 9.17) is 5.84 Å². The first kappa shape index (κ1) is 12.2. The number of aromatic nitrogens is 7. The monoisotopic (exact) mass is 271 g/mol. The fourth-order valence-electron chi connectivity index (χ4n) is 1.80. The topological polar surface area (TPSA) is 112 Å². The quantitative estimate of drug-likeness (QED) is 0.510. The number of rotatable bonds is 4. The highest BCUT2D eigenvalue weighted by Gasteiger charge is 2.11. The fraction of sp³-hybridized carbons (Fsp3) is 0.182. The van der Waals surface area contributed by atoms with E-state index in [9.17, 15) is 0 Å². The van der Waals surface area contributed by atoms with Crippen LogP contribution in [0.15, 0.2) is 31.1 Å². The molecule has 0 aliphatic carbocycles. The van der Waals surface area contributed by atoms with Crippen LogP contribution in [0, 0.1) is 0 Å². The molecular weight excluding hydrogens is 258 g/mol. The molecule has 9 nitrogen and oxygen atoms in total. The van der Waals surface area contributed by atoms with Crippen LogP contribution in [0.1, 0.15) is 12.7 Å². The van der Waals surface area contributed by atoms with E-state index in [2.05, 4.69) is 30.3 Å². The predicted octanol–water partition coefficient (Wildman–Crippen LogP) is 0.0910. The van der Waals surface area contributed by atoms with Crippen molar-refractivity contribution >= 4 is 5.95 Å². The molecule has 0 aliphatic rings. The van der Waals surface area contributed by atoms with Gasteiger partial charge in [-0.25, -0.2) is 15.8 Å². The number of hydrogen-bond donors (Lipinski definition) is 2. The van der Waals surface area contributed by atoms with E-state index in [1.165, 1.54) is 0 Å². The molecule has 0 radical (unpaired) electrons. The molecule has 0 aromatic carbocycles. The molecule has 3 heterocycles. The Bertz CT molecular complexity index is 701. The lowest BCUT2D eigenvalue weighted by Gasteiger charge is -2.08. The van der Waals surface area contributed by atoms with Crippen molar-refractivity contribution in [3.05, 3.63) is 36.9 Å². The van der Waals surface area contributed by atoms with Crippen molar-refractivity contribution in [1.82, 2.24) is 34.1 Å². The molecule has 20 heavy (non-hydrogen) atoms. The first-order valence-electron chi connectivity index (χ1n) is 6.05. The maximum absolute atomic E-state index is 5.41. The van der Waals surface area contributed by atoms with Gasteiger partial charge in [-0.2, -0.15) is 15.0 Å². The standard InChI is InChI=1S/C11H13N9/c1-2-8-14-4-6-20(8)11-16-9(18-12)15-10(17-11)19-5-3-13-7-19/h3-7H,2,12H2,1H3,(H,15,16,17,18). The van der Waals surface area contributed by atoms with Gasteiger partial charge in [-0.1, -0.05) is 6.92 Å². The number of nitrogens with zero attached hydrogens (tertiary/aromatic N) is 7. The SMILES string of the molecule is CCc1nccn1-c1nc(NN)nc(-n2ccnc2)n1. The Labute approximate surface area is 114 Å². The molecule has 3 aromatic heterocycles. The minimum Gasteiger partial charge on any atom is -0.292 e. The highest BCUT2D eigenvalue weighted by Crippen LogP contribution is 2.11. The summed E-state index contributed by atoms with van der Waals surface area (Å²) in [5, 5.41) is 0. The molecule has 0 aliphatic heterocycles. The Kier molecular flexibility index (Phi) is 3.09. The number of nitrogens with one attached hydrogen (secondary N) is 1. The molecule has 3 aromatic rings. The number of nitrogens with two attached hydrogens (primary N) is 1. The van der Waals surface area contributed by atoms with E-state index in [0.29, 0.717) is 11.9 Å². The van der Waals surface area contributed by atoms with Crippen LogP contribution in [0.3, 0.4) is 0 Å². The van der Waals surface area contributed by atoms with E-state index < -0.39 is 0 Å². The third kappa shape index (κ3) is 2.10. The van der Waals surface area contributed by atoms with Crippen molar-refractivity contribution in [2.75, 3.05) is 5.43 Å². The summed E-state index contributed by atoms with van der Waals surface area (Å²) >= 11 is 0. The number of nitrogen functional groups attached to an aromatic ring is 1. The van der Waals surface area contributed by atoms with E-state index in [-0.39, 0.29) is 5.95 Å². The summed E-state index contributed by atoms with van der Waals surface area (Å²) in [7, 11) is 0. The third-order valence-corrected chi connectivity index (χ3v) is 2.73. The lowest BCUT2D eigenvalue weighted by Crippen LogP contribution is -2.16. The molecule has 0 saturated carbocycles. The van der Waals surface area contributed by atoms with Crippen LogP contribution in [0.4, 0.5) is 5.95 Å². The summed E-state index contributed by atoms with van der Waals surface area (Å²) in [5.74, 6) is 7.42. The fourth-order valence-corrected chi connectivity index (χ4v) is 1.80. The Balaban J connectivity index is 2.14. The van der Waals surface area contributed by atoms with Crippen LogP contribution < -0.4 is 11.3 Å². The third-order valence-electron chi connectivity index (χ3n) is 2.73. The van der Waals surface area contributed by atoms with E-state index in [1.807, 2.05) is 6.92 Å². The average Bonchev–Trinajstić information content (AvgIpc) is 3.17. The van der Waals surface area contributed by atoms with Crippen molar-refractivity contribution in [2.45, 2.75) is 13.3 Å². The van der Waals surface area contributed by atoms with Gasteiger partial charge in [-0.05, 0) is 0 Å². The van der Waals surface area contributed by atoms with Crippen LogP contribution >= 0.6 is 0 Å². The van der Waals surface area contributed by atoms with Crippen molar-refractivity contribution in [3.8, 4) is 11.9 Å². The van der Waals surface area contributed by atoms with Crippen molar-refractivity contribution < 1.29 is 0 Å². The second kappa shape index (κ2) is 5.05.